The number of nitrogens with zero attached hydrogens (tertiary/aromatic N) is 1. The number of thioether (sulfide) groups is 1. The van der Waals surface area contributed by atoms with Crippen molar-refractivity contribution in [3.63, 3.8) is 0 Å². The number of anilines is 1. The van der Waals surface area contributed by atoms with Gasteiger partial charge >= 0.3 is 0 Å². The number of H-pyrrole nitrogens is 1. The number of imidazole rings is 1. The molecule has 4 aromatic rings. The number of hydrogen-bond donors (Lipinski definition) is 2. The van der Waals surface area contributed by atoms with Crippen LogP contribution < -0.4 is 14.8 Å². The van der Waals surface area contributed by atoms with Gasteiger partial charge in [0.25, 0.3) is 0 Å². The average Bonchev–Trinajstić information content (AvgIpc) is 3.29. The first-order valence-electron chi connectivity index (χ1n) is 10.8. The molecule has 6 nitrogen and oxygen atoms in total. The van der Waals surface area contributed by atoms with Crippen LogP contribution in [0.25, 0.3) is 22.5 Å². The van der Waals surface area contributed by atoms with E-state index >= 15 is 0 Å². The van der Waals surface area contributed by atoms with Gasteiger partial charge in [-0.05, 0) is 12.1 Å². The van der Waals surface area contributed by atoms with E-state index in [1.165, 1.54) is 11.8 Å². The van der Waals surface area contributed by atoms with Crippen molar-refractivity contribution in [1.29, 1.82) is 0 Å². The van der Waals surface area contributed by atoms with Gasteiger partial charge < -0.3 is 19.8 Å². The lowest BCUT2D eigenvalue weighted by Crippen LogP contribution is -2.16. The molecule has 0 saturated heterocycles. The van der Waals surface area contributed by atoms with Gasteiger partial charge in [-0.15, -0.1) is 0 Å². The third-order valence-corrected chi connectivity index (χ3v) is 6.06. The second-order valence-corrected chi connectivity index (χ2v) is 8.59. The first-order chi connectivity index (χ1) is 16.3. The molecular formula is C26H23N3O3S. The standard InChI is InChI=1S/C26H23N3O3S/c30-23(27-20-11-12-21-22(17-20)32-15-14-31-21)13-16-33-26-28-24(18-7-3-1-4-8-18)25(29-26)19-9-5-2-6-10-19/h1-12,17H,13-16H2,(H,27,30)(H,28,29). The topological polar surface area (TPSA) is 76.2 Å². The third-order valence-electron chi connectivity index (χ3n) is 5.19. The van der Waals surface area contributed by atoms with Gasteiger partial charge in [-0.3, -0.25) is 4.79 Å². The van der Waals surface area contributed by atoms with Crippen molar-refractivity contribution in [3.8, 4) is 34.0 Å². The van der Waals surface area contributed by atoms with E-state index in [1.54, 1.807) is 6.07 Å². The molecular weight excluding hydrogens is 434 g/mol. The highest BCUT2D eigenvalue weighted by molar-refractivity contribution is 7.99. The van der Waals surface area contributed by atoms with Gasteiger partial charge in [0.1, 0.15) is 13.2 Å². The minimum absolute atomic E-state index is 0.0581. The Morgan fingerprint density at radius 2 is 1.61 bits per heavy atom. The van der Waals surface area contributed by atoms with Crippen molar-refractivity contribution in [2.24, 2.45) is 0 Å². The molecule has 1 amide bonds. The van der Waals surface area contributed by atoms with Crippen LogP contribution in [0.5, 0.6) is 11.5 Å². The van der Waals surface area contributed by atoms with Gasteiger partial charge in [-0.25, -0.2) is 4.98 Å². The lowest BCUT2D eigenvalue weighted by atomic mass is 10.1. The number of aromatic amines is 1. The SMILES string of the molecule is O=C(CCSc1nc(-c2ccccc2)c(-c2ccccc2)[nH]1)Nc1ccc2c(c1)OCCO2. The van der Waals surface area contributed by atoms with Crippen molar-refractivity contribution < 1.29 is 14.3 Å². The Kier molecular flexibility index (Phi) is 6.30. The van der Waals surface area contributed by atoms with Gasteiger partial charge in [0.2, 0.25) is 5.91 Å². The highest BCUT2D eigenvalue weighted by atomic mass is 32.2. The molecule has 0 atom stereocenters. The quantitative estimate of drug-likeness (QED) is 0.352. The van der Waals surface area contributed by atoms with Gasteiger partial charge in [0, 0.05) is 35.1 Å². The van der Waals surface area contributed by atoms with Gasteiger partial charge in [-0.1, -0.05) is 72.4 Å². The zero-order chi connectivity index (χ0) is 22.5. The minimum Gasteiger partial charge on any atom is -0.486 e. The fourth-order valence-electron chi connectivity index (χ4n) is 3.62. The van der Waals surface area contributed by atoms with Gasteiger partial charge in [-0.2, -0.15) is 0 Å². The second kappa shape index (κ2) is 9.83. The third kappa shape index (κ3) is 5.04. The summed E-state index contributed by atoms with van der Waals surface area (Å²) in [5.74, 6) is 1.91. The van der Waals surface area contributed by atoms with Crippen LogP contribution in [0.15, 0.2) is 84.0 Å². The molecule has 0 aliphatic carbocycles. The number of nitrogens with one attached hydrogen (secondary N) is 2. The van der Waals surface area contributed by atoms with E-state index in [9.17, 15) is 4.79 Å². The van der Waals surface area contributed by atoms with Crippen LogP contribution in [0.2, 0.25) is 0 Å². The second-order valence-electron chi connectivity index (χ2n) is 7.50. The number of ether oxygens (including phenoxy) is 2. The van der Waals surface area contributed by atoms with E-state index in [0.29, 0.717) is 42.6 Å². The number of fused-ring (bicyclic) bond motifs is 1. The van der Waals surface area contributed by atoms with E-state index in [-0.39, 0.29) is 5.91 Å². The van der Waals surface area contributed by atoms with Crippen molar-refractivity contribution >= 4 is 23.4 Å². The highest BCUT2D eigenvalue weighted by Crippen LogP contribution is 2.34. The Morgan fingerprint density at radius 3 is 2.36 bits per heavy atom. The molecule has 0 unspecified atom stereocenters. The summed E-state index contributed by atoms with van der Waals surface area (Å²) >= 11 is 1.53. The van der Waals surface area contributed by atoms with E-state index in [2.05, 4.69) is 34.6 Å². The van der Waals surface area contributed by atoms with E-state index < -0.39 is 0 Å². The molecule has 0 bridgehead atoms. The van der Waals surface area contributed by atoms with Crippen LogP contribution in [-0.2, 0) is 4.79 Å². The zero-order valence-electron chi connectivity index (χ0n) is 17.9. The van der Waals surface area contributed by atoms with Crippen molar-refractivity contribution in [1.82, 2.24) is 9.97 Å². The minimum atomic E-state index is -0.0581. The van der Waals surface area contributed by atoms with Crippen LogP contribution >= 0.6 is 11.8 Å². The molecule has 2 heterocycles. The maximum atomic E-state index is 12.5. The smallest absolute Gasteiger partial charge is 0.225 e. The van der Waals surface area contributed by atoms with Crippen LogP contribution in [0, 0.1) is 0 Å². The molecule has 166 valence electrons. The normalized spacial score (nSPS) is 12.4. The molecule has 0 spiro atoms. The summed E-state index contributed by atoms with van der Waals surface area (Å²) in [6.45, 7) is 1.06. The number of carbonyl (C=O) groups is 1. The number of carbonyl (C=O) groups excluding carboxylic acids is 1. The monoisotopic (exact) mass is 457 g/mol. The predicted molar refractivity (Wildman–Crippen MR) is 131 cm³/mol. The van der Waals surface area contributed by atoms with Crippen molar-refractivity contribution in [3.05, 3.63) is 78.9 Å². The van der Waals surface area contributed by atoms with Crippen LogP contribution in [0.4, 0.5) is 5.69 Å². The molecule has 33 heavy (non-hydrogen) atoms. The van der Waals surface area contributed by atoms with Gasteiger partial charge in [0.05, 0.1) is 11.4 Å². The number of amides is 1. The van der Waals surface area contributed by atoms with Crippen molar-refractivity contribution in [2.45, 2.75) is 11.6 Å². The number of hydrogen-bond acceptors (Lipinski definition) is 5. The van der Waals surface area contributed by atoms with Crippen LogP contribution in [-0.4, -0.2) is 34.8 Å². The molecule has 0 fully saturated rings. The predicted octanol–water partition coefficient (Wildman–Crippen LogP) is 5.64. The molecule has 2 N–H and O–H groups in total. The van der Waals surface area contributed by atoms with E-state index in [1.807, 2.05) is 48.5 Å². The first-order valence-corrected chi connectivity index (χ1v) is 11.8. The van der Waals surface area contributed by atoms with Crippen molar-refractivity contribution in [2.75, 3.05) is 24.3 Å². The van der Waals surface area contributed by atoms with E-state index in [4.69, 9.17) is 14.5 Å². The van der Waals surface area contributed by atoms with E-state index in [0.717, 1.165) is 27.7 Å². The maximum Gasteiger partial charge on any atom is 0.225 e. The van der Waals surface area contributed by atoms with Crippen LogP contribution in [0.1, 0.15) is 6.42 Å². The molecule has 7 heteroatoms. The Hall–Kier alpha value is -3.71. The summed E-state index contributed by atoms with van der Waals surface area (Å²) in [6.07, 6.45) is 0.362. The fraction of sp³-hybridized carbons (Fsp3) is 0.154. The van der Waals surface area contributed by atoms with Crippen LogP contribution in [0.3, 0.4) is 0 Å². The summed E-state index contributed by atoms with van der Waals surface area (Å²) in [5, 5.41) is 3.72. The lowest BCUT2D eigenvalue weighted by Gasteiger charge is -2.19. The summed E-state index contributed by atoms with van der Waals surface area (Å²) in [5.41, 5.74) is 4.71. The molecule has 3 aromatic carbocycles. The Labute approximate surface area is 196 Å². The molecule has 1 aliphatic heterocycles. The number of benzene rings is 3. The molecule has 1 aromatic heterocycles. The summed E-state index contributed by atoms with van der Waals surface area (Å²) in [4.78, 5) is 20.7. The Bertz CT molecular complexity index is 1190. The largest absolute Gasteiger partial charge is 0.486 e. The lowest BCUT2D eigenvalue weighted by molar-refractivity contribution is -0.115. The number of rotatable bonds is 7. The maximum absolute atomic E-state index is 12.5. The zero-order valence-corrected chi connectivity index (χ0v) is 18.7. The highest BCUT2D eigenvalue weighted by Gasteiger charge is 2.15. The molecule has 1 aliphatic rings. The summed E-state index contributed by atoms with van der Waals surface area (Å²) in [6, 6.07) is 25.7. The summed E-state index contributed by atoms with van der Waals surface area (Å²) < 4.78 is 11.1. The van der Waals surface area contributed by atoms with Gasteiger partial charge in [0.15, 0.2) is 16.7 Å². The fourth-order valence-corrected chi connectivity index (χ4v) is 4.43. The Morgan fingerprint density at radius 1 is 0.909 bits per heavy atom. The summed E-state index contributed by atoms with van der Waals surface area (Å²) in [7, 11) is 0. The first kappa shape index (κ1) is 21.2. The molecule has 5 rings (SSSR count). The molecule has 0 saturated carbocycles. The molecule has 0 radical (unpaired) electrons. The average molecular weight is 458 g/mol. The number of aromatic nitrogens is 2. The Balaban J connectivity index is 1.24.